The number of pyridine rings is 1. The van der Waals surface area contributed by atoms with Gasteiger partial charge in [0.05, 0.1) is 0 Å². The van der Waals surface area contributed by atoms with Crippen LogP contribution >= 0.6 is 0 Å². The van der Waals surface area contributed by atoms with Gasteiger partial charge < -0.3 is 20.5 Å². The first-order valence-corrected chi connectivity index (χ1v) is 10.7. The number of benzene rings is 2. The molecule has 2 unspecified atom stereocenters. The number of hydrogen-bond acceptors (Lipinski definition) is 3. The number of aromatic nitrogens is 1. The van der Waals surface area contributed by atoms with Gasteiger partial charge in [-0.25, -0.2) is 4.79 Å². The van der Waals surface area contributed by atoms with Gasteiger partial charge in [0, 0.05) is 36.8 Å². The fourth-order valence-electron chi connectivity index (χ4n) is 4.86. The predicted octanol–water partition coefficient (Wildman–Crippen LogP) is 3.27. The van der Waals surface area contributed by atoms with E-state index in [1.54, 1.807) is 27.7 Å². The molecule has 2 aliphatic rings. The Labute approximate surface area is 185 Å². The van der Waals surface area contributed by atoms with Crippen molar-refractivity contribution < 1.29 is 9.59 Å². The number of nitrogens with one attached hydrogen (secondary N) is 1. The van der Waals surface area contributed by atoms with Gasteiger partial charge in [-0.15, -0.1) is 0 Å². The number of likely N-dealkylation sites (tertiary alicyclic amines) is 1. The maximum atomic E-state index is 13.1. The summed E-state index contributed by atoms with van der Waals surface area (Å²) < 4.78 is 1.74. The summed E-state index contributed by atoms with van der Waals surface area (Å²) in [7, 11) is 0. The zero-order valence-corrected chi connectivity index (χ0v) is 17.5. The number of primary amides is 1. The molecule has 0 spiro atoms. The number of carbonyl (C=O) groups is 2. The molecule has 1 saturated heterocycles. The van der Waals surface area contributed by atoms with E-state index >= 15 is 0 Å². The fraction of sp³-hybridized carbons (Fsp3) is 0.240. The van der Waals surface area contributed by atoms with Crippen molar-refractivity contribution >= 4 is 17.6 Å². The molecule has 7 heteroatoms. The molecule has 0 aliphatic carbocycles. The Kier molecular flexibility index (Phi) is 5.01. The molecule has 3 N–H and O–H groups in total. The Bertz CT molecular complexity index is 1230. The number of piperidine rings is 1. The van der Waals surface area contributed by atoms with Gasteiger partial charge in [-0.2, -0.15) is 0 Å². The molecule has 0 saturated carbocycles. The lowest BCUT2D eigenvalue weighted by atomic mass is 9.83. The lowest BCUT2D eigenvalue weighted by molar-refractivity contribution is 0.102. The number of fused-ring (bicyclic) bond motifs is 4. The van der Waals surface area contributed by atoms with Gasteiger partial charge >= 0.3 is 6.03 Å². The van der Waals surface area contributed by atoms with Crippen LogP contribution in [0.2, 0.25) is 0 Å². The molecule has 5 rings (SSSR count). The van der Waals surface area contributed by atoms with Crippen LogP contribution in [-0.2, 0) is 6.54 Å². The molecule has 3 amide bonds. The Balaban J connectivity index is 1.36. The van der Waals surface area contributed by atoms with Crippen molar-refractivity contribution in [2.24, 2.45) is 11.7 Å². The van der Waals surface area contributed by atoms with Gasteiger partial charge in [0.2, 0.25) is 0 Å². The molecular formula is C25H24N4O3. The van der Waals surface area contributed by atoms with Gasteiger partial charge in [0.1, 0.15) is 5.69 Å². The second-order valence-corrected chi connectivity index (χ2v) is 8.53. The number of amides is 3. The van der Waals surface area contributed by atoms with E-state index in [-0.39, 0.29) is 29.0 Å². The monoisotopic (exact) mass is 428 g/mol. The first-order chi connectivity index (χ1) is 15.5. The average Bonchev–Trinajstić information content (AvgIpc) is 2.81. The lowest BCUT2D eigenvalue weighted by Gasteiger charge is -2.42. The summed E-state index contributed by atoms with van der Waals surface area (Å²) in [5.74, 6) is -0.0564. The van der Waals surface area contributed by atoms with Crippen LogP contribution in [0.15, 0.2) is 71.5 Å². The number of carbonyl (C=O) groups excluding carboxylic acids is 2. The molecule has 162 valence electrons. The number of anilines is 1. The molecule has 2 aromatic carbocycles. The first-order valence-electron chi connectivity index (χ1n) is 10.7. The van der Waals surface area contributed by atoms with Crippen molar-refractivity contribution in [2.75, 3.05) is 18.4 Å². The third kappa shape index (κ3) is 3.66. The molecule has 32 heavy (non-hydrogen) atoms. The van der Waals surface area contributed by atoms with E-state index in [1.165, 1.54) is 0 Å². The Hall–Kier alpha value is -3.87. The number of urea groups is 1. The van der Waals surface area contributed by atoms with E-state index in [4.69, 9.17) is 5.73 Å². The summed E-state index contributed by atoms with van der Waals surface area (Å²) in [5, 5.41) is 2.77. The Morgan fingerprint density at radius 3 is 2.31 bits per heavy atom. The van der Waals surface area contributed by atoms with Crippen molar-refractivity contribution in [3.05, 3.63) is 88.3 Å². The molecule has 2 bridgehead atoms. The van der Waals surface area contributed by atoms with Gasteiger partial charge in [-0.1, -0.05) is 42.5 Å². The zero-order chi connectivity index (χ0) is 22.2. The molecule has 1 aromatic heterocycles. The van der Waals surface area contributed by atoms with E-state index in [9.17, 15) is 14.4 Å². The zero-order valence-electron chi connectivity index (χ0n) is 17.5. The Morgan fingerprint density at radius 1 is 0.875 bits per heavy atom. The maximum absolute atomic E-state index is 13.1. The normalized spacial score (nSPS) is 19.2. The van der Waals surface area contributed by atoms with Crippen LogP contribution in [0.1, 0.15) is 28.4 Å². The quantitative estimate of drug-likeness (QED) is 0.670. The van der Waals surface area contributed by atoms with Crippen LogP contribution in [0.25, 0.3) is 11.1 Å². The minimum Gasteiger partial charge on any atom is -0.351 e. The number of nitrogens with two attached hydrogens (primary N) is 1. The van der Waals surface area contributed by atoms with Gasteiger partial charge in [-0.05, 0) is 47.7 Å². The molecule has 2 aliphatic heterocycles. The molecule has 1 fully saturated rings. The van der Waals surface area contributed by atoms with Crippen LogP contribution in [0.5, 0.6) is 0 Å². The highest BCUT2D eigenvalue weighted by molar-refractivity contribution is 6.04. The van der Waals surface area contributed by atoms with Crippen molar-refractivity contribution in [1.82, 2.24) is 9.47 Å². The maximum Gasteiger partial charge on any atom is 0.314 e. The van der Waals surface area contributed by atoms with Crippen LogP contribution in [0.3, 0.4) is 0 Å². The topological polar surface area (TPSA) is 97.4 Å². The number of rotatable bonds is 3. The lowest BCUT2D eigenvalue weighted by Crippen LogP contribution is -2.50. The van der Waals surface area contributed by atoms with Crippen LogP contribution in [0.4, 0.5) is 10.5 Å². The molecule has 3 aromatic rings. The second-order valence-electron chi connectivity index (χ2n) is 8.53. The van der Waals surface area contributed by atoms with E-state index in [0.717, 1.165) is 23.2 Å². The number of hydrogen-bond donors (Lipinski definition) is 2. The molecule has 3 heterocycles. The van der Waals surface area contributed by atoms with Crippen molar-refractivity contribution in [1.29, 1.82) is 0 Å². The molecule has 0 radical (unpaired) electrons. The van der Waals surface area contributed by atoms with E-state index < -0.39 is 6.03 Å². The molecule has 7 nitrogen and oxygen atoms in total. The second kappa shape index (κ2) is 8.00. The smallest absolute Gasteiger partial charge is 0.314 e. The van der Waals surface area contributed by atoms with Crippen molar-refractivity contribution in [2.45, 2.75) is 18.9 Å². The first kappa shape index (κ1) is 20.1. The fourth-order valence-corrected chi connectivity index (χ4v) is 4.86. The SMILES string of the molecule is NC(=O)N1CC2CC(C1)c1ccc(NC(=O)c3ccc(-c4ccccc4)cc3)c(=O)n1C2. The third-order valence-electron chi connectivity index (χ3n) is 6.42. The predicted molar refractivity (Wildman–Crippen MR) is 123 cm³/mol. The summed E-state index contributed by atoms with van der Waals surface area (Å²) in [6.07, 6.45) is 0.933. The van der Waals surface area contributed by atoms with Gasteiger partial charge in [-0.3, -0.25) is 9.59 Å². The summed E-state index contributed by atoms with van der Waals surface area (Å²) in [5.41, 5.74) is 9.00. The van der Waals surface area contributed by atoms with Gasteiger partial charge in [0.25, 0.3) is 11.5 Å². The Morgan fingerprint density at radius 2 is 1.59 bits per heavy atom. The van der Waals surface area contributed by atoms with Crippen molar-refractivity contribution in [3.63, 3.8) is 0 Å². The van der Waals surface area contributed by atoms with Crippen LogP contribution < -0.4 is 16.6 Å². The summed E-state index contributed by atoms with van der Waals surface area (Å²) in [6, 6.07) is 20.4. The standard InChI is InChI=1S/C25H24N4O3/c26-25(32)28-13-16-12-20(15-28)22-11-10-21(24(31)29(22)14-16)27-23(30)19-8-6-18(7-9-19)17-4-2-1-3-5-17/h1-11,16,20H,12-15H2,(H2,26,32)(H,27,30). The van der Waals surface area contributed by atoms with E-state index in [1.807, 2.05) is 48.5 Å². The van der Waals surface area contributed by atoms with Gasteiger partial charge in [0.15, 0.2) is 0 Å². The van der Waals surface area contributed by atoms with E-state index in [2.05, 4.69) is 5.32 Å². The number of nitrogens with zero attached hydrogens (tertiary/aromatic N) is 2. The largest absolute Gasteiger partial charge is 0.351 e. The van der Waals surface area contributed by atoms with Crippen LogP contribution in [-0.4, -0.2) is 34.5 Å². The summed E-state index contributed by atoms with van der Waals surface area (Å²) in [6.45, 7) is 1.59. The summed E-state index contributed by atoms with van der Waals surface area (Å²) >= 11 is 0. The molecule has 2 atom stereocenters. The average molecular weight is 428 g/mol. The minimum absolute atomic E-state index is 0.0815. The molecular weight excluding hydrogens is 404 g/mol. The van der Waals surface area contributed by atoms with E-state index in [0.29, 0.717) is 25.2 Å². The van der Waals surface area contributed by atoms with Crippen molar-refractivity contribution in [3.8, 4) is 11.1 Å². The minimum atomic E-state index is -0.419. The highest BCUT2D eigenvalue weighted by Gasteiger charge is 2.36. The highest BCUT2D eigenvalue weighted by Crippen LogP contribution is 2.35. The summed E-state index contributed by atoms with van der Waals surface area (Å²) in [4.78, 5) is 39.2. The third-order valence-corrected chi connectivity index (χ3v) is 6.42. The van der Waals surface area contributed by atoms with Crippen LogP contribution in [0, 0.1) is 5.92 Å². The highest BCUT2D eigenvalue weighted by atomic mass is 16.2.